The molecule has 0 heterocycles. The van der Waals surface area contributed by atoms with Gasteiger partial charge in [0.2, 0.25) is 5.75 Å². The molecule has 0 bridgehead atoms. The molecule has 0 saturated carbocycles. The maximum Gasteiger partial charge on any atom is 0.343 e. The molecule has 0 unspecified atom stereocenters. The lowest BCUT2D eigenvalue weighted by Crippen LogP contribution is -2.12. The van der Waals surface area contributed by atoms with Crippen LogP contribution in [0.15, 0.2) is 133 Å². The van der Waals surface area contributed by atoms with E-state index < -0.39 is 41.3 Å². The summed E-state index contributed by atoms with van der Waals surface area (Å²) in [5.41, 5.74) is 0.991. The van der Waals surface area contributed by atoms with Crippen molar-refractivity contribution >= 4 is 23.9 Å². The van der Waals surface area contributed by atoms with Gasteiger partial charge in [0.1, 0.15) is 28.7 Å². The summed E-state index contributed by atoms with van der Waals surface area (Å²) < 4.78 is 64.2. The molecule has 402 valence electrons. The van der Waals surface area contributed by atoms with Gasteiger partial charge in [-0.25, -0.2) is 28.0 Å². The van der Waals surface area contributed by atoms with E-state index in [0.29, 0.717) is 35.8 Å². The number of ether oxygens (including phenoxy) is 6. The SMILES string of the molecule is CCCCCCCCCCCCOc1ccc(C(=O)Oc2ccc(C(=O)Oc3ccc(-c4ccc(F)c(OC(=O)c5ccc(OC(=O)c6ccc(OCCCCCCCCCCCC)cc6)cc5)c4F)cc3)cc2)cc1. The van der Waals surface area contributed by atoms with Crippen LogP contribution in [0.1, 0.15) is 184 Å². The third-order valence-electron chi connectivity index (χ3n) is 12.9. The molecular formula is C64H72F2O10. The molecule has 0 spiro atoms. The first-order valence-electron chi connectivity index (χ1n) is 27.2. The van der Waals surface area contributed by atoms with Crippen LogP contribution in [0.3, 0.4) is 0 Å². The van der Waals surface area contributed by atoms with Gasteiger partial charge < -0.3 is 28.4 Å². The van der Waals surface area contributed by atoms with E-state index in [-0.39, 0.29) is 39.5 Å². The zero-order valence-corrected chi connectivity index (χ0v) is 44.1. The summed E-state index contributed by atoms with van der Waals surface area (Å²) in [5, 5.41) is 0. The predicted octanol–water partition coefficient (Wildman–Crippen LogP) is 17.1. The molecule has 76 heavy (non-hydrogen) atoms. The van der Waals surface area contributed by atoms with E-state index in [9.17, 15) is 23.6 Å². The third-order valence-corrected chi connectivity index (χ3v) is 12.9. The fourth-order valence-corrected chi connectivity index (χ4v) is 8.45. The molecule has 0 fully saturated rings. The van der Waals surface area contributed by atoms with Crippen molar-refractivity contribution in [2.75, 3.05) is 13.2 Å². The van der Waals surface area contributed by atoms with Crippen molar-refractivity contribution in [1.29, 1.82) is 0 Å². The number of halogens is 2. The highest BCUT2D eigenvalue weighted by atomic mass is 19.1. The Morgan fingerprint density at radius 2 is 0.618 bits per heavy atom. The van der Waals surface area contributed by atoms with Crippen molar-refractivity contribution in [2.24, 2.45) is 0 Å². The van der Waals surface area contributed by atoms with E-state index in [2.05, 4.69) is 13.8 Å². The summed E-state index contributed by atoms with van der Waals surface area (Å²) in [5.74, 6) is -4.20. The highest BCUT2D eigenvalue weighted by molar-refractivity contribution is 5.94. The Hall–Kier alpha value is -7.34. The topological polar surface area (TPSA) is 124 Å². The minimum atomic E-state index is -1.12. The number of benzene rings is 6. The molecule has 0 aromatic heterocycles. The molecule has 0 amide bonds. The van der Waals surface area contributed by atoms with Gasteiger partial charge in [0.15, 0.2) is 11.6 Å². The Bertz CT molecular complexity index is 2700. The normalized spacial score (nSPS) is 10.9. The van der Waals surface area contributed by atoms with Crippen LogP contribution >= 0.6 is 0 Å². The molecule has 12 heteroatoms. The molecule has 0 aliphatic carbocycles. The fraction of sp³-hybridized carbons (Fsp3) is 0.375. The maximum atomic E-state index is 15.8. The largest absolute Gasteiger partial charge is 0.494 e. The van der Waals surface area contributed by atoms with E-state index in [0.717, 1.165) is 31.7 Å². The summed E-state index contributed by atoms with van der Waals surface area (Å²) >= 11 is 0. The Balaban J connectivity index is 0.905. The molecule has 0 N–H and O–H groups in total. The molecule has 0 aliphatic rings. The van der Waals surface area contributed by atoms with Gasteiger partial charge in [-0.15, -0.1) is 0 Å². The molecule has 6 rings (SSSR count). The number of hydrogen-bond donors (Lipinski definition) is 0. The van der Waals surface area contributed by atoms with E-state index in [1.54, 1.807) is 48.5 Å². The number of rotatable bonds is 33. The summed E-state index contributed by atoms with van der Waals surface area (Å²) in [6.07, 6.45) is 24.9. The molecule has 0 saturated heterocycles. The van der Waals surface area contributed by atoms with Crippen LogP contribution in [-0.2, 0) is 0 Å². The van der Waals surface area contributed by atoms with Gasteiger partial charge in [-0.3, -0.25) is 0 Å². The van der Waals surface area contributed by atoms with E-state index in [4.69, 9.17) is 28.4 Å². The molecule has 0 atom stereocenters. The second-order valence-corrected chi connectivity index (χ2v) is 19.0. The first-order valence-corrected chi connectivity index (χ1v) is 27.2. The molecule has 10 nitrogen and oxygen atoms in total. The maximum absolute atomic E-state index is 15.8. The standard InChI is InChI=1S/C64H72F2O10/c1-3-5-7-9-11-13-15-17-19-21-45-71-52-33-25-48(26-34-52)61(67)74-55-39-29-50(30-40-55)63(69)73-54-37-23-47(24-38-54)57-43-44-58(65)60(59(57)66)76-64(70)51-31-41-56(42-32-51)75-62(68)49-27-35-53(36-28-49)72-46-22-20-18-16-14-12-10-8-6-4-2/h23-44H,3-22,45-46H2,1-2H3. The number of carbonyl (C=O) groups excluding carboxylic acids is 4. The smallest absolute Gasteiger partial charge is 0.343 e. The van der Waals surface area contributed by atoms with Crippen LogP contribution in [0.4, 0.5) is 8.78 Å². The van der Waals surface area contributed by atoms with Crippen LogP contribution < -0.4 is 28.4 Å². The zero-order chi connectivity index (χ0) is 53.7. The van der Waals surface area contributed by atoms with Crippen molar-refractivity contribution in [1.82, 2.24) is 0 Å². The number of esters is 4. The predicted molar refractivity (Wildman–Crippen MR) is 292 cm³/mol. The second-order valence-electron chi connectivity index (χ2n) is 19.0. The van der Waals surface area contributed by atoms with Crippen LogP contribution in [-0.4, -0.2) is 37.1 Å². The number of unbranched alkanes of at least 4 members (excludes halogenated alkanes) is 18. The molecule has 0 aliphatic heterocycles. The quantitative estimate of drug-likeness (QED) is 0.0224. The van der Waals surface area contributed by atoms with Gasteiger partial charge in [0.25, 0.3) is 0 Å². The summed E-state index contributed by atoms with van der Waals surface area (Å²) in [6, 6.07) is 32.7. The van der Waals surface area contributed by atoms with Crippen molar-refractivity contribution in [3.63, 3.8) is 0 Å². The fourth-order valence-electron chi connectivity index (χ4n) is 8.45. The van der Waals surface area contributed by atoms with Crippen LogP contribution in [0.25, 0.3) is 11.1 Å². The van der Waals surface area contributed by atoms with Crippen LogP contribution in [0, 0.1) is 11.6 Å². The average molecular weight is 1040 g/mol. The van der Waals surface area contributed by atoms with Crippen molar-refractivity contribution in [3.05, 3.63) is 167 Å². The Morgan fingerprint density at radius 3 is 0.961 bits per heavy atom. The van der Waals surface area contributed by atoms with Gasteiger partial charge in [-0.2, -0.15) is 0 Å². The second kappa shape index (κ2) is 32.2. The van der Waals surface area contributed by atoms with Crippen molar-refractivity contribution < 1.29 is 56.4 Å². The summed E-state index contributed by atoms with van der Waals surface area (Å²) in [6.45, 7) is 5.69. The summed E-state index contributed by atoms with van der Waals surface area (Å²) in [7, 11) is 0. The third kappa shape index (κ3) is 19.4. The minimum Gasteiger partial charge on any atom is -0.494 e. The average Bonchev–Trinajstić information content (AvgIpc) is 3.43. The lowest BCUT2D eigenvalue weighted by atomic mass is 10.0. The Kier molecular flexibility index (Phi) is 24.5. The minimum absolute atomic E-state index is 0.0453. The van der Waals surface area contributed by atoms with Crippen molar-refractivity contribution in [2.45, 2.75) is 142 Å². The lowest BCUT2D eigenvalue weighted by molar-refractivity contribution is 0.0713. The number of carbonyl (C=O) groups is 4. The van der Waals surface area contributed by atoms with E-state index in [1.165, 1.54) is 182 Å². The lowest BCUT2D eigenvalue weighted by Gasteiger charge is -2.12. The van der Waals surface area contributed by atoms with Gasteiger partial charge in [-0.1, -0.05) is 142 Å². The van der Waals surface area contributed by atoms with E-state index >= 15 is 4.39 Å². The van der Waals surface area contributed by atoms with Crippen molar-refractivity contribution in [3.8, 4) is 45.6 Å². The van der Waals surface area contributed by atoms with Crippen LogP contribution in [0.5, 0.6) is 34.5 Å². The first kappa shape index (κ1) is 57.9. The van der Waals surface area contributed by atoms with E-state index in [1.807, 2.05) is 0 Å². The molecule has 0 radical (unpaired) electrons. The van der Waals surface area contributed by atoms with Crippen LogP contribution in [0.2, 0.25) is 0 Å². The Labute approximate surface area is 447 Å². The van der Waals surface area contributed by atoms with Gasteiger partial charge in [0.05, 0.1) is 35.5 Å². The summed E-state index contributed by atoms with van der Waals surface area (Å²) in [4.78, 5) is 51.8. The van der Waals surface area contributed by atoms with Gasteiger partial charge in [0, 0.05) is 5.56 Å². The van der Waals surface area contributed by atoms with Gasteiger partial charge >= 0.3 is 23.9 Å². The Morgan fingerprint density at radius 1 is 0.329 bits per heavy atom. The molecule has 6 aromatic rings. The number of hydrogen-bond acceptors (Lipinski definition) is 10. The first-order chi connectivity index (χ1) is 37.1. The van der Waals surface area contributed by atoms with Gasteiger partial charge in [-0.05, 0) is 140 Å². The molecule has 6 aromatic carbocycles. The molecular weight excluding hydrogens is 967 g/mol. The highest BCUT2D eigenvalue weighted by Crippen LogP contribution is 2.33. The zero-order valence-electron chi connectivity index (χ0n) is 44.1. The monoisotopic (exact) mass is 1040 g/mol. The highest BCUT2D eigenvalue weighted by Gasteiger charge is 2.22.